The average Bonchev–Trinajstić information content (AvgIpc) is 1.49. The highest BCUT2D eigenvalue weighted by Crippen LogP contribution is 2.57. The second-order valence-corrected chi connectivity index (χ2v) is 27.3. The van der Waals surface area contributed by atoms with Gasteiger partial charge in [-0.1, -0.05) is 245 Å². The third-order valence-corrected chi connectivity index (χ3v) is 22.3. The molecular weight excluding hydrogens is 1170 g/mol. The Morgan fingerprint density at radius 3 is 0.990 bits per heavy atom. The van der Waals surface area contributed by atoms with E-state index in [2.05, 4.69) is 286 Å². The fourth-order valence-corrected chi connectivity index (χ4v) is 18.3. The second kappa shape index (κ2) is 21.1. The largest absolute Gasteiger partial charge is 0.454 e. The van der Waals surface area contributed by atoms with Crippen molar-refractivity contribution in [2.75, 3.05) is 9.80 Å². The molecule has 0 unspecified atom stereocenters. The Morgan fingerprint density at radius 1 is 0.260 bits per heavy atom. The lowest BCUT2D eigenvalue weighted by Crippen LogP contribution is -2.10. The highest BCUT2D eigenvalue weighted by Gasteiger charge is 2.34. The number of nitrogens with zero attached hydrogens (tertiary/aromatic N) is 4. The molecule has 0 aliphatic heterocycles. The lowest BCUT2D eigenvalue weighted by Gasteiger charge is -2.26. The van der Waals surface area contributed by atoms with E-state index in [0.29, 0.717) is 11.8 Å². The van der Waals surface area contributed by atoms with Gasteiger partial charge in [-0.3, -0.25) is 0 Å². The molecule has 0 saturated heterocycles. The van der Waals surface area contributed by atoms with Gasteiger partial charge in [-0.15, -0.1) is 0 Å². The third-order valence-electron chi connectivity index (χ3n) is 22.3. The van der Waals surface area contributed by atoms with Crippen molar-refractivity contribution in [2.45, 2.75) is 76.0 Å². The fourth-order valence-electron chi connectivity index (χ4n) is 18.3. The zero-order valence-corrected chi connectivity index (χ0v) is 53.2. The van der Waals surface area contributed by atoms with Crippen LogP contribution in [0.5, 0.6) is 0 Å². The van der Waals surface area contributed by atoms with E-state index in [1.54, 1.807) is 0 Å². The summed E-state index contributed by atoms with van der Waals surface area (Å²) < 4.78 is 20.0. The number of hydrogen-bond acceptors (Lipinski definition) is 4. The lowest BCUT2D eigenvalue weighted by atomic mass is 9.83. The molecule has 2 fully saturated rings. The Bertz CT molecular complexity index is 5900. The highest BCUT2D eigenvalue weighted by atomic mass is 16.3. The number of fused-ring (bicyclic) bond motifs is 18. The summed E-state index contributed by atoms with van der Waals surface area (Å²) in [6, 6.07) is 99.6. The molecule has 2 saturated carbocycles. The molecule has 458 valence electrons. The summed E-state index contributed by atoms with van der Waals surface area (Å²) >= 11 is 0. The summed E-state index contributed by atoms with van der Waals surface area (Å²) in [6.45, 7) is 0. The van der Waals surface area contributed by atoms with Gasteiger partial charge in [0, 0.05) is 87.1 Å². The van der Waals surface area contributed by atoms with Crippen molar-refractivity contribution in [3.8, 4) is 22.3 Å². The summed E-state index contributed by atoms with van der Waals surface area (Å²) in [5.74, 6) is 1.00. The lowest BCUT2D eigenvalue weighted by molar-refractivity contribution is 0.442. The third kappa shape index (κ3) is 7.64. The summed E-state index contributed by atoms with van der Waals surface area (Å²) in [5.41, 5.74) is 24.9. The van der Waals surface area contributed by atoms with Gasteiger partial charge >= 0.3 is 0 Å². The van der Waals surface area contributed by atoms with E-state index in [0.717, 1.165) is 78.3 Å². The number of benzene rings is 13. The monoisotopic (exact) mass is 1230 g/mol. The van der Waals surface area contributed by atoms with Crippen LogP contribution in [0.15, 0.2) is 276 Å². The highest BCUT2D eigenvalue weighted by molar-refractivity contribution is 6.39. The van der Waals surface area contributed by atoms with E-state index < -0.39 is 0 Å². The van der Waals surface area contributed by atoms with Gasteiger partial charge in [-0.2, -0.15) is 0 Å². The van der Waals surface area contributed by atoms with E-state index in [-0.39, 0.29) is 0 Å². The van der Waals surface area contributed by atoms with Crippen LogP contribution < -0.4 is 9.80 Å². The molecule has 21 rings (SSSR count). The van der Waals surface area contributed by atoms with Gasteiger partial charge in [0.1, 0.15) is 11.2 Å². The van der Waals surface area contributed by atoms with Gasteiger partial charge in [0.2, 0.25) is 0 Å². The Balaban J connectivity index is 0.859. The van der Waals surface area contributed by atoms with Gasteiger partial charge in [0.25, 0.3) is 0 Å². The smallest absolute Gasteiger partial charge is 0.159 e. The fraction of sp³-hybridized carbons (Fsp3) is 0.133. The quantitative estimate of drug-likeness (QED) is 0.137. The van der Waals surface area contributed by atoms with Crippen molar-refractivity contribution in [1.29, 1.82) is 0 Å². The molecular formula is C90H66N4O2. The van der Waals surface area contributed by atoms with Crippen LogP contribution in [-0.4, -0.2) is 8.80 Å². The second-order valence-electron chi connectivity index (χ2n) is 27.3. The summed E-state index contributed by atoms with van der Waals surface area (Å²) in [4.78, 5) is 4.94. The minimum atomic E-state index is 0.500. The van der Waals surface area contributed by atoms with Crippen molar-refractivity contribution in [2.24, 2.45) is 0 Å². The maximum Gasteiger partial charge on any atom is 0.159 e. The number of hydrogen-bond donors (Lipinski definition) is 0. The van der Waals surface area contributed by atoms with E-state index in [1.807, 2.05) is 0 Å². The van der Waals surface area contributed by atoms with Crippen LogP contribution in [0, 0.1) is 0 Å². The Morgan fingerprint density at radius 2 is 0.583 bits per heavy atom. The van der Waals surface area contributed by atoms with E-state index in [4.69, 9.17) is 8.83 Å². The molecule has 0 bridgehead atoms. The average molecular weight is 1240 g/mol. The maximum atomic E-state index is 7.36. The SMILES string of the molecule is c1ccc(-c2c3c4cccc5c6c(N(c7ccccc7)c7cccc8c7oc7c(C9CCCCC9)cccc78)cccc6n(c3c(-c3ccccc3)c3c6cccc7c8c(N(c9ccccc9)c9cccc%10c9oc9c(C%11CCCCC%11)cccc9%10)cccc8n(c23)c76)c54)cc1. The van der Waals surface area contributed by atoms with Crippen LogP contribution in [-0.2, 0) is 0 Å². The van der Waals surface area contributed by atoms with Crippen LogP contribution >= 0.6 is 0 Å². The first kappa shape index (κ1) is 54.1. The molecule has 0 atom stereocenters. The van der Waals surface area contributed by atoms with Crippen molar-refractivity contribution in [3.05, 3.63) is 278 Å². The molecule has 0 N–H and O–H groups in total. The van der Waals surface area contributed by atoms with Crippen molar-refractivity contribution >= 4 is 154 Å². The molecule has 6 nitrogen and oxygen atoms in total. The van der Waals surface area contributed by atoms with E-state index >= 15 is 0 Å². The first-order chi connectivity index (χ1) is 47.7. The molecule has 19 aromatic rings. The molecule has 6 heteroatoms. The van der Waals surface area contributed by atoms with Gasteiger partial charge in [-0.05, 0) is 120 Å². The van der Waals surface area contributed by atoms with Crippen LogP contribution in [0.4, 0.5) is 34.1 Å². The van der Waals surface area contributed by atoms with Crippen molar-refractivity contribution in [3.63, 3.8) is 0 Å². The number of aromatic nitrogens is 2. The number of anilines is 6. The molecule has 96 heavy (non-hydrogen) atoms. The molecule has 0 radical (unpaired) electrons. The van der Waals surface area contributed by atoms with Crippen LogP contribution in [0.3, 0.4) is 0 Å². The molecule has 2 aliphatic carbocycles. The summed E-state index contributed by atoms with van der Waals surface area (Å²) in [5, 5.41) is 14.4. The normalized spacial score (nSPS) is 14.6. The Labute approximate surface area is 554 Å². The van der Waals surface area contributed by atoms with E-state index in [1.165, 1.54) is 174 Å². The van der Waals surface area contributed by atoms with Gasteiger partial charge in [0.05, 0.1) is 55.8 Å². The minimum absolute atomic E-state index is 0.500. The molecule has 13 aromatic carbocycles. The van der Waals surface area contributed by atoms with Crippen LogP contribution in [0.25, 0.3) is 142 Å². The minimum Gasteiger partial charge on any atom is -0.454 e. The predicted octanol–water partition coefficient (Wildman–Crippen LogP) is 26.2. The first-order valence-corrected chi connectivity index (χ1v) is 34.8. The van der Waals surface area contributed by atoms with Gasteiger partial charge in [-0.25, -0.2) is 0 Å². The predicted molar refractivity (Wildman–Crippen MR) is 402 cm³/mol. The zero-order valence-electron chi connectivity index (χ0n) is 53.2. The first-order valence-electron chi connectivity index (χ1n) is 34.8. The van der Waals surface area contributed by atoms with Crippen molar-refractivity contribution < 1.29 is 8.83 Å². The molecule has 2 aliphatic rings. The van der Waals surface area contributed by atoms with Crippen LogP contribution in [0.2, 0.25) is 0 Å². The standard InChI is InChI=1S/C90H66N4O2/c1-7-27-55(28-8-1)61-39-19-41-63-65-43-23-53-75(89(65)95-87(61)63)91(59-35-15-5-16-36-59)71-49-25-51-73-79(71)67-45-21-47-69-81-78(58-33-13-4-14-34-58)86-82(77(57-31-11-3-12-32-57)85(81)93(73)83(67)69)70-48-22-46-68-80-72(50-26-52-74(80)94(86)84(68)70)92(60-37-17-6-18-38-60)76-54-24-44-66-64-42-20-40-62(88(64)96-90(66)76)56-29-9-2-10-30-56/h3-6,11-26,31-56H,1-2,7-10,27-30H2. The maximum absolute atomic E-state index is 7.36. The Kier molecular flexibility index (Phi) is 11.9. The van der Waals surface area contributed by atoms with Crippen molar-refractivity contribution in [1.82, 2.24) is 8.80 Å². The number of rotatable bonds is 10. The molecule has 6 aromatic heterocycles. The topological polar surface area (TPSA) is 41.6 Å². The van der Waals surface area contributed by atoms with Crippen LogP contribution in [0.1, 0.15) is 87.2 Å². The summed E-state index contributed by atoms with van der Waals surface area (Å²) in [6.07, 6.45) is 12.5. The van der Waals surface area contributed by atoms with E-state index in [9.17, 15) is 0 Å². The van der Waals surface area contributed by atoms with Gasteiger partial charge < -0.3 is 27.4 Å². The number of para-hydroxylation sites is 8. The summed E-state index contributed by atoms with van der Waals surface area (Å²) in [7, 11) is 0. The zero-order chi connectivity index (χ0) is 62.7. The van der Waals surface area contributed by atoms with Gasteiger partial charge in [0.15, 0.2) is 11.2 Å². The molecule has 6 heterocycles. The Hall–Kier alpha value is -11.3. The number of furan rings is 2. The molecule has 0 spiro atoms. The molecule has 0 amide bonds.